The minimum atomic E-state index is 0.297. The number of nitrogens with one attached hydrogen (secondary N) is 1. The summed E-state index contributed by atoms with van der Waals surface area (Å²) in [5, 5.41) is 12.9. The highest BCUT2D eigenvalue weighted by Crippen LogP contribution is 2.27. The smallest absolute Gasteiger partial charge is 0.145 e. The van der Waals surface area contributed by atoms with Gasteiger partial charge in [-0.1, -0.05) is 18.2 Å². The molecule has 0 aliphatic heterocycles. The fourth-order valence-electron chi connectivity index (χ4n) is 1.79. The quantitative estimate of drug-likeness (QED) is 0.800. The molecule has 2 heterocycles. The molecule has 0 amide bonds. The minimum Gasteiger partial charge on any atom is -0.312 e. The maximum absolute atomic E-state index is 4.48. The number of thiazole rings is 1. The Labute approximate surface area is 121 Å². The average molecular weight is 285 g/mol. The summed E-state index contributed by atoms with van der Waals surface area (Å²) in [4.78, 5) is 7.24. The molecule has 2 aromatic heterocycles. The van der Waals surface area contributed by atoms with E-state index in [0.29, 0.717) is 6.04 Å². The van der Waals surface area contributed by atoms with Gasteiger partial charge in [-0.15, -0.1) is 16.4 Å². The molecule has 1 N–H and O–H groups in total. The number of aromatic nitrogens is 4. The lowest BCUT2D eigenvalue weighted by atomic mass is 10.3. The summed E-state index contributed by atoms with van der Waals surface area (Å²) < 4.78 is 0. The van der Waals surface area contributed by atoms with Crippen LogP contribution in [0.2, 0.25) is 0 Å². The number of para-hydroxylation sites is 1. The Morgan fingerprint density at radius 1 is 1.20 bits per heavy atom. The molecule has 3 rings (SSSR count). The van der Waals surface area contributed by atoms with Gasteiger partial charge in [-0.2, -0.15) is 9.90 Å². The summed E-state index contributed by atoms with van der Waals surface area (Å²) >= 11 is 1.64. The molecule has 0 fully saturated rings. The van der Waals surface area contributed by atoms with E-state index < -0.39 is 0 Å². The molecular weight excluding hydrogens is 270 g/mol. The molecular formula is C14H15N5S. The Morgan fingerprint density at radius 3 is 2.75 bits per heavy atom. The Bertz CT molecular complexity index is 688. The second-order valence-electron chi connectivity index (χ2n) is 4.43. The normalized spacial score (nSPS) is 12.5. The van der Waals surface area contributed by atoms with Crippen LogP contribution >= 0.6 is 11.3 Å². The Morgan fingerprint density at radius 2 is 2.00 bits per heavy atom. The Kier molecular flexibility index (Phi) is 3.58. The van der Waals surface area contributed by atoms with Gasteiger partial charge in [0.25, 0.3) is 0 Å². The maximum Gasteiger partial charge on any atom is 0.145 e. The van der Waals surface area contributed by atoms with Crippen molar-refractivity contribution in [3.63, 3.8) is 0 Å². The molecule has 0 bridgehead atoms. The third-order valence-corrected chi connectivity index (χ3v) is 4.28. The van der Waals surface area contributed by atoms with E-state index in [2.05, 4.69) is 27.4 Å². The monoisotopic (exact) mass is 285 g/mol. The van der Waals surface area contributed by atoms with Crippen LogP contribution in [0.15, 0.2) is 42.7 Å². The first-order valence-electron chi connectivity index (χ1n) is 6.39. The molecule has 3 aromatic rings. The van der Waals surface area contributed by atoms with Gasteiger partial charge in [0.05, 0.1) is 11.9 Å². The van der Waals surface area contributed by atoms with E-state index in [1.165, 1.54) is 4.88 Å². The molecule has 102 valence electrons. The van der Waals surface area contributed by atoms with Crippen molar-refractivity contribution >= 4 is 11.3 Å². The fraction of sp³-hybridized carbons (Fsp3) is 0.214. The van der Waals surface area contributed by atoms with Gasteiger partial charge in [-0.3, -0.25) is 0 Å². The lowest BCUT2D eigenvalue weighted by Gasteiger charge is -2.04. The van der Waals surface area contributed by atoms with Crippen molar-refractivity contribution in [3.05, 3.63) is 47.6 Å². The van der Waals surface area contributed by atoms with E-state index in [9.17, 15) is 0 Å². The first-order valence-corrected chi connectivity index (χ1v) is 7.20. The van der Waals surface area contributed by atoms with Crippen LogP contribution in [0.3, 0.4) is 0 Å². The predicted octanol–water partition coefficient (Wildman–Crippen LogP) is 2.67. The zero-order chi connectivity index (χ0) is 13.9. The van der Waals surface area contributed by atoms with E-state index in [-0.39, 0.29) is 0 Å². The van der Waals surface area contributed by atoms with Crippen LogP contribution in [-0.4, -0.2) is 27.0 Å². The lowest BCUT2D eigenvalue weighted by molar-refractivity contribution is 0.662. The zero-order valence-electron chi connectivity index (χ0n) is 11.3. The lowest BCUT2D eigenvalue weighted by Crippen LogP contribution is -2.10. The van der Waals surface area contributed by atoms with Crippen molar-refractivity contribution in [1.29, 1.82) is 0 Å². The van der Waals surface area contributed by atoms with Crippen molar-refractivity contribution in [2.75, 3.05) is 7.05 Å². The van der Waals surface area contributed by atoms with Crippen molar-refractivity contribution in [1.82, 2.24) is 25.3 Å². The third-order valence-electron chi connectivity index (χ3n) is 3.08. The highest BCUT2D eigenvalue weighted by atomic mass is 32.1. The number of benzene rings is 1. The van der Waals surface area contributed by atoms with Gasteiger partial charge in [-0.05, 0) is 26.1 Å². The van der Waals surface area contributed by atoms with Gasteiger partial charge in [0.15, 0.2) is 0 Å². The second kappa shape index (κ2) is 5.52. The summed E-state index contributed by atoms with van der Waals surface area (Å²) in [6, 6.07) is 10.1. The van der Waals surface area contributed by atoms with Crippen LogP contribution in [-0.2, 0) is 0 Å². The maximum atomic E-state index is 4.48. The third kappa shape index (κ3) is 2.48. The van der Waals surface area contributed by atoms with E-state index in [0.717, 1.165) is 16.4 Å². The number of rotatable bonds is 4. The van der Waals surface area contributed by atoms with Crippen LogP contribution in [0.25, 0.3) is 16.4 Å². The SMILES string of the molecule is CNC(C)c1cnc(-c2cnn(-c3ccccc3)n2)s1. The zero-order valence-corrected chi connectivity index (χ0v) is 12.1. The molecule has 20 heavy (non-hydrogen) atoms. The summed E-state index contributed by atoms with van der Waals surface area (Å²) in [5.41, 5.74) is 1.74. The van der Waals surface area contributed by atoms with Gasteiger partial charge in [0.2, 0.25) is 0 Å². The van der Waals surface area contributed by atoms with Gasteiger partial charge in [0.1, 0.15) is 10.7 Å². The molecule has 0 saturated carbocycles. The van der Waals surface area contributed by atoms with Gasteiger partial charge in [0, 0.05) is 17.1 Å². The minimum absolute atomic E-state index is 0.297. The highest BCUT2D eigenvalue weighted by Gasteiger charge is 2.12. The van der Waals surface area contributed by atoms with Crippen molar-refractivity contribution in [2.24, 2.45) is 0 Å². The first-order chi connectivity index (χ1) is 9.78. The Hall–Kier alpha value is -2.05. The van der Waals surface area contributed by atoms with Crippen molar-refractivity contribution < 1.29 is 0 Å². The summed E-state index contributed by atoms with van der Waals surface area (Å²) in [7, 11) is 1.94. The number of hydrogen-bond acceptors (Lipinski definition) is 5. The molecule has 0 saturated heterocycles. The molecule has 0 aliphatic rings. The molecule has 1 unspecified atom stereocenters. The van der Waals surface area contributed by atoms with Crippen LogP contribution in [0.5, 0.6) is 0 Å². The fourth-order valence-corrected chi connectivity index (χ4v) is 2.72. The molecule has 6 heteroatoms. The van der Waals surface area contributed by atoms with Gasteiger partial charge in [-0.25, -0.2) is 4.98 Å². The van der Waals surface area contributed by atoms with Crippen LogP contribution in [0.4, 0.5) is 0 Å². The van der Waals surface area contributed by atoms with Crippen LogP contribution < -0.4 is 5.32 Å². The molecule has 0 aliphatic carbocycles. The summed E-state index contributed by atoms with van der Waals surface area (Å²) in [6.45, 7) is 2.11. The van der Waals surface area contributed by atoms with E-state index >= 15 is 0 Å². The van der Waals surface area contributed by atoms with Gasteiger partial charge >= 0.3 is 0 Å². The van der Waals surface area contributed by atoms with Gasteiger partial charge < -0.3 is 5.32 Å². The molecule has 1 atom stereocenters. The van der Waals surface area contributed by atoms with E-state index in [4.69, 9.17) is 0 Å². The van der Waals surface area contributed by atoms with Crippen molar-refractivity contribution in [2.45, 2.75) is 13.0 Å². The molecule has 0 spiro atoms. The molecule has 5 nitrogen and oxygen atoms in total. The largest absolute Gasteiger partial charge is 0.312 e. The van der Waals surface area contributed by atoms with E-state index in [1.54, 1.807) is 22.3 Å². The predicted molar refractivity (Wildman–Crippen MR) is 79.9 cm³/mol. The van der Waals surface area contributed by atoms with Crippen LogP contribution in [0.1, 0.15) is 17.8 Å². The first kappa shape index (κ1) is 13.0. The summed E-state index contributed by atoms with van der Waals surface area (Å²) in [5.74, 6) is 0. The van der Waals surface area contributed by atoms with Crippen LogP contribution in [0, 0.1) is 0 Å². The average Bonchev–Trinajstić information content (AvgIpc) is 3.16. The number of hydrogen-bond donors (Lipinski definition) is 1. The standard InChI is InChI=1S/C14H15N5S/c1-10(15-2)13-9-16-14(20-13)12-8-17-19(18-12)11-6-4-3-5-7-11/h3-10,15H,1-2H3. The second-order valence-corrected chi connectivity index (χ2v) is 5.50. The number of nitrogens with zero attached hydrogens (tertiary/aromatic N) is 4. The summed E-state index contributed by atoms with van der Waals surface area (Å²) in [6.07, 6.45) is 3.64. The van der Waals surface area contributed by atoms with Crippen molar-refractivity contribution in [3.8, 4) is 16.4 Å². The molecule has 1 aromatic carbocycles. The van der Waals surface area contributed by atoms with E-state index in [1.807, 2.05) is 43.6 Å². The highest BCUT2D eigenvalue weighted by molar-refractivity contribution is 7.15. The molecule has 0 radical (unpaired) electrons. The Balaban J connectivity index is 1.89. The topological polar surface area (TPSA) is 55.6 Å².